The van der Waals surface area contributed by atoms with Crippen molar-refractivity contribution in [3.8, 4) is 0 Å². The highest BCUT2D eigenvalue weighted by Gasteiger charge is 2.31. The van der Waals surface area contributed by atoms with Crippen LogP contribution >= 0.6 is 15.9 Å². The van der Waals surface area contributed by atoms with Crippen LogP contribution in [0.1, 0.15) is 40.0 Å². The van der Waals surface area contributed by atoms with E-state index in [-0.39, 0.29) is 25.2 Å². The highest BCUT2D eigenvalue weighted by molar-refractivity contribution is 9.10. The molecule has 3 atom stereocenters. The minimum Gasteiger partial charge on any atom is -0.454 e. The van der Waals surface area contributed by atoms with Gasteiger partial charge in [0, 0.05) is 4.47 Å². The number of amides is 2. The number of nitrogens with one attached hydrogen (secondary N) is 2. The molecule has 0 bridgehead atoms. The topological polar surface area (TPSA) is 93.7 Å². The third-order valence-electron chi connectivity index (χ3n) is 5.33. The normalized spacial score (nSPS) is 21.2. The van der Waals surface area contributed by atoms with Crippen LogP contribution in [-0.2, 0) is 23.9 Å². The van der Waals surface area contributed by atoms with E-state index in [1.807, 2.05) is 6.07 Å². The number of esters is 1. The van der Waals surface area contributed by atoms with E-state index >= 15 is 0 Å². The van der Waals surface area contributed by atoms with E-state index in [0.29, 0.717) is 23.4 Å². The summed E-state index contributed by atoms with van der Waals surface area (Å²) in [6.07, 6.45) is 3.25. The molecule has 1 aromatic carbocycles. The fourth-order valence-electron chi connectivity index (χ4n) is 3.66. The molecule has 1 fully saturated rings. The van der Waals surface area contributed by atoms with Crippen molar-refractivity contribution in [3.05, 3.63) is 28.7 Å². The maximum atomic E-state index is 12.0. The summed E-state index contributed by atoms with van der Waals surface area (Å²) in [5.41, 5.74) is 0.608. The Morgan fingerprint density at radius 2 is 1.87 bits per heavy atom. The molecular weight excluding hydrogens is 452 g/mol. The first-order valence-corrected chi connectivity index (χ1v) is 11.1. The van der Waals surface area contributed by atoms with Crippen LogP contribution in [0, 0.1) is 17.8 Å². The molecule has 1 aliphatic carbocycles. The fourth-order valence-corrected chi connectivity index (χ4v) is 4.04. The van der Waals surface area contributed by atoms with Gasteiger partial charge in [-0.25, -0.2) is 4.79 Å². The van der Waals surface area contributed by atoms with Gasteiger partial charge in [-0.1, -0.05) is 39.3 Å². The average Bonchev–Trinajstić information content (AvgIpc) is 2.70. The molecule has 2 N–H and O–H groups in total. The number of benzene rings is 1. The first-order valence-electron chi connectivity index (χ1n) is 10.3. The molecule has 0 heterocycles. The summed E-state index contributed by atoms with van der Waals surface area (Å²) in [6, 6.07) is 7.16. The molecule has 3 unspecified atom stereocenters. The molecule has 1 aromatic rings. The summed E-state index contributed by atoms with van der Waals surface area (Å²) in [6.45, 7) is 5.71. The Kier molecular flexibility index (Phi) is 9.78. The second-order valence-electron chi connectivity index (χ2n) is 8.14. The van der Waals surface area contributed by atoms with E-state index in [1.165, 1.54) is 6.42 Å². The lowest BCUT2D eigenvalue weighted by atomic mass is 9.75. The van der Waals surface area contributed by atoms with E-state index in [0.717, 1.165) is 17.3 Å². The van der Waals surface area contributed by atoms with Gasteiger partial charge < -0.3 is 20.1 Å². The molecule has 0 saturated heterocycles. The molecule has 0 spiro atoms. The van der Waals surface area contributed by atoms with Gasteiger partial charge in [-0.05, 0) is 58.7 Å². The van der Waals surface area contributed by atoms with Crippen LogP contribution in [0.2, 0.25) is 0 Å². The summed E-state index contributed by atoms with van der Waals surface area (Å²) >= 11 is 3.33. The van der Waals surface area contributed by atoms with Crippen LogP contribution in [0.4, 0.5) is 5.69 Å². The van der Waals surface area contributed by atoms with Gasteiger partial charge in [-0.15, -0.1) is 0 Å². The van der Waals surface area contributed by atoms with Crippen molar-refractivity contribution in [1.82, 2.24) is 5.32 Å². The Bertz CT molecular complexity index is 740. The molecule has 30 heavy (non-hydrogen) atoms. The van der Waals surface area contributed by atoms with Crippen molar-refractivity contribution < 1.29 is 23.9 Å². The number of carbonyl (C=O) groups is 3. The second-order valence-corrected chi connectivity index (χ2v) is 9.00. The lowest BCUT2D eigenvalue weighted by molar-refractivity contribution is -0.157. The van der Waals surface area contributed by atoms with Gasteiger partial charge in [0.15, 0.2) is 6.61 Å². The average molecular weight is 483 g/mol. The SMILES string of the molecule is CC1CCC(C(C)C)C(OCC(=O)OCC(=O)NCC(=O)Nc2ccccc2Br)C1. The maximum Gasteiger partial charge on any atom is 0.332 e. The monoisotopic (exact) mass is 482 g/mol. The number of ether oxygens (including phenoxy) is 2. The van der Waals surface area contributed by atoms with E-state index in [1.54, 1.807) is 18.2 Å². The van der Waals surface area contributed by atoms with Crippen molar-refractivity contribution in [1.29, 1.82) is 0 Å². The highest BCUT2D eigenvalue weighted by atomic mass is 79.9. The van der Waals surface area contributed by atoms with E-state index < -0.39 is 18.5 Å². The van der Waals surface area contributed by atoms with Gasteiger partial charge in [-0.2, -0.15) is 0 Å². The van der Waals surface area contributed by atoms with Gasteiger partial charge in [0.1, 0.15) is 6.61 Å². The Balaban J connectivity index is 1.66. The zero-order valence-electron chi connectivity index (χ0n) is 17.8. The smallest absolute Gasteiger partial charge is 0.332 e. The number of hydrogen-bond donors (Lipinski definition) is 2. The van der Waals surface area contributed by atoms with Crippen molar-refractivity contribution in [2.24, 2.45) is 17.8 Å². The predicted molar refractivity (Wildman–Crippen MR) is 118 cm³/mol. The Labute approximate surface area is 186 Å². The third-order valence-corrected chi connectivity index (χ3v) is 6.03. The van der Waals surface area contributed by atoms with Crippen LogP contribution in [0.15, 0.2) is 28.7 Å². The first kappa shape index (κ1) is 24.3. The fraction of sp³-hybridized carbons (Fsp3) is 0.591. The van der Waals surface area contributed by atoms with Gasteiger partial charge >= 0.3 is 5.97 Å². The molecule has 8 heteroatoms. The van der Waals surface area contributed by atoms with Gasteiger partial charge in [0.05, 0.1) is 18.3 Å². The Morgan fingerprint density at radius 1 is 1.13 bits per heavy atom. The largest absolute Gasteiger partial charge is 0.454 e. The number of anilines is 1. The predicted octanol–water partition coefficient (Wildman–Crippen LogP) is 3.52. The summed E-state index contributed by atoms with van der Waals surface area (Å²) in [7, 11) is 0. The molecule has 0 aliphatic heterocycles. The molecular formula is C22H31BrN2O5. The Hall–Kier alpha value is -1.93. The molecule has 7 nitrogen and oxygen atoms in total. The quantitative estimate of drug-likeness (QED) is 0.525. The van der Waals surface area contributed by atoms with Crippen LogP contribution in [0.5, 0.6) is 0 Å². The van der Waals surface area contributed by atoms with Crippen LogP contribution in [0.25, 0.3) is 0 Å². The zero-order valence-corrected chi connectivity index (χ0v) is 19.4. The molecule has 166 valence electrons. The molecule has 2 rings (SSSR count). The number of rotatable bonds is 9. The first-order chi connectivity index (χ1) is 14.3. The van der Waals surface area contributed by atoms with Crippen LogP contribution in [0.3, 0.4) is 0 Å². The second kappa shape index (κ2) is 12.1. The molecule has 2 amide bonds. The van der Waals surface area contributed by atoms with Crippen molar-refractivity contribution >= 4 is 39.4 Å². The number of halogens is 1. The standard InChI is InChI=1S/C22H31BrN2O5/c1-14(2)16-9-8-15(3)10-19(16)29-13-22(28)30-12-21(27)24-11-20(26)25-18-7-5-4-6-17(18)23/h4-7,14-16,19H,8-13H2,1-3H3,(H,24,27)(H,25,26). The lowest BCUT2D eigenvalue weighted by Gasteiger charge is -2.36. The van der Waals surface area contributed by atoms with Crippen LogP contribution < -0.4 is 10.6 Å². The Morgan fingerprint density at radius 3 is 2.57 bits per heavy atom. The number of hydrogen-bond acceptors (Lipinski definition) is 5. The van der Waals surface area contributed by atoms with E-state index in [2.05, 4.69) is 47.3 Å². The number of carbonyl (C=O) groups excluding carboxylic acids is 3. The lowest BCUT2D eigenvalue weighted by Crippen LogP contribution is -2.37. The van der Waals surface area contributed by atoms with Crippen molar-refractivity contribution in [3.63, 3.8) is 0 Å². The van der Waals surface area contributed by atoms with Gasteiger partial charge in [0.2, 0.25) is 5.91 Å². The summed E-state index contributed by atoms with van der Waals surface area (Å²) < 4.78 is 11.5. The van der Waals surface area contributed by atoms with E-state index in [9.17, 15) is 14.4 Å². The van der Waals surface area contributed by atoms with Gasteiger partial charge in [-0.3, -0.25) is 9.59 Å². The zero-order chi connectivity index (χ0) is 22.1. The summed E-state index contributed by atoms with van der Waals surface area (Å²) in [4.78, 5) is 35.7. The molecule has 1 aliphatic rings. The maximum absolute atomic E-state index is 12.0. The minimum absolute atomic E-state index is 0.0381. The molecule has 1 saturated carbocycles. The molecule has 0 aromatic heterocycles. The number of para-hydroxylation sites is 1. The third kappa shape index (κ3) is 8.07. The van der Waals surface area contributed by atoms with Gasteiger partial charge in [0.25, 0.3) is 5.91 Å². The van der Waals surface area contributed by atoms with Crippen molar-refractivity contribution in [2.45, 2.75) is 46.1 Å². The van der Waals surface area contributed by atoms with Crippen LogP contribution in [-0.4, -0.2) is 43.6 Å². The van der Waals surface area contributed by atoms with E-state index in [4.69, 9.17) is 9.47 Å². The molecule has 0 radical (unpaired) electrons. The summed E-state index contributed by atoms with van der Waals surface area (Å²) in [5.74, 6) is -0.00144. The van der Waals surface area contributed by atoms with Crippen molar-refractivity contribution in [2.75, 3.05) is 25.1 Å². The highest BCUT2D eigenvalue weighted by Crippen LogP contribution is 2.35. The minimum atomic E-state index is -0.580. The summed E-state index contributed by atoms with van der Waals surface area (Å²) in [5, 5.41) is 5.10.